The average molecular weight is 189 g/mol. The summed E-state index contributed by atoms with van der Waals surface area (Å²) in [6.07, 6.45) is 0. The third-order valence-electron chi connectivity index (χ3n) is 2.36. The molecule has 0 aromatic rings. The van der Waals surface area contributed by atoms with Crippen molar-refractivity contribution in [2.75, 3.05) is 12.8 Å². The average Bonchev–Trinajstić information content (AvgIpc) is 1.98. The molecular weight excluding hydrogens is 170 g/mol. The van der Waals surface area contributed by atoms with E-state index in [1.54, 1.807) is 4.90 Å². The van der Waals surface area contributed by atoms with Crippen LogP contribution in [0.2, 0.25) is 0 Å². The monoisotopic (exact) mass is 189 g/mol. The van der Waals surface area contributed by atoms with Crippen molar-refractivity contribution in [2.24, 2.45) is 5.41 Å². The number of carbonyl (C=O) groups excluding carboxylic acids is 1. The standard InChI is InChI=1S/C9H19NOS/c1-7(9(2,3)4)10(5)8(11)6-12/h7,12H,6H2,1-5H3. The van der Waals surface area contributed by atoms with Gasteiger partial charge in [-0.25, -0.2) is 0 Å². The molecule has 0 aromatic heterocycles. The van der Waals surface area contributed by atoms with Crippen LogP contribution < -0.4 is 0 Å². The Labute approximate surface area is 80.7 Å². The van der Waals surface area contributed by atoms with Crippen molar-refractivity contribution in [2.45, 2.75) is 33.7 Å². The van der Waals surface area contributed by atoms with Crippen molar-refractivity contribution in [1.82, 2.24) is 4.90 Å². The second-order valence-electron chi connectivity index (χ2n) is 4.20. The van der Waals surface area contributed by atoms with Crippen LogP contribution in [0.5, 0.6) is 0 Å². The fraction of sp³-hybridized carbons (Fsp3) is 0.889. The number of hydrogen-bond donors (Lipinski definition) is 1. The molecule has 0 bridgehead atoms. The lowest BCUT2D eigenvalue weighted by Crippen LogP contribution is -2.43. The Morgan fingerprint density at radius 1 is 1.50 bits per heavy atom. The minimum absolute atomic E-state index is 0.0840. The number of carbonyl (C=O) groups is 1. The summed E-state index contributed by atoms with van der Waals surface area (Å²) in [5.74, 6) is 0.373. The van der Waals surface area contributed by atoms with E-state index in [1.807, 2.05) is 7.05 Å². The first-order valence-corrected chi connectivity index (χ1v) is 4.80. The molecule has 0 fully saturated rings. The van der Waals surface area contributed by atoms with E-state index in [-0.39, 0.29) is 23.1 Å². The molecule has 3 heteroatoms. The predicted molar refractivity (Wildman–Crippen MR) is 55.5 cm³/mol. The highest BCUT2D eigenvalue weighted by atomic mass is 32.1. The summed E-state index contributed by atoms with van der Waals surface area (Å²) in [6.45, 7) is 8.43. The molecule has 0 aromatic carbocycles. The molecule has 12 heavy (non-hydrogen) atoms. The summed E-state index contributed by atoms with van der Waals surface area (Å²) in [7, 11) is 1.83. The van der Waals surface area contributed by atoms with Gasteiger partial charge in [0.1, 0.15) is 0 Å². The molecule has 0 heterocycles. The van der Waals surface area contributed by atoms with Gasteiger partial charge in [0, 0.05) is 13.1 Å². The molecule has 0 saturated heterocycles. The Kier molecular flexibility index (Phi) is 4.11. The fourth-order valence-electron chi connectivity index (χ4n) is 0.908. The molecule has 72 valence electrons. The van der Waals surface area contributed by atoms with Crippen LogP contribution in [0.4, 0.5) is 0 Å². The highest BCUT2D eigenvalue weighted by Crippen LogP contribution is 2.22. The van der Waals surface area contributed by atoms with E-state index >= 15 is 0 Å². The zero-order valence-corrected chi connectivity index (χ0v) is 9.48. The Balaban J connectivity index is 4.29. The van der Waals surface area contributed by atoms with Gasteiger partial charge in [0.05, 0.1) is 5.75 Å². The first kappa shape index (κ1) is 11.8. The molecule has 0 spiro atoms. The third-order valence-corrected chi connectivity index (χ3v) is 2.63. The van der Waals surface area contributed by atoms with Crippen LogP contribution in [0.25, 0.3) is 0 Å². The van der Waals surface area contributed by atoms with Crippen LogP contribution in [-0.2, 0) is 4.79 Å². The summed E-state index contributed by atoms with van der Waals surface area (Å²) in [6, 6.07) is 0.247. The van der Waals surface area contributed by atoms with Gasteiger partial charge in [0.15, 0.2) is 0 Å². The van der Waals surface area contributed by atoms with E-state index in [9.17, 15) is 4.79 Å². The van der Waals surface area contributed by atoms with Gasteiger partial charge in [-0.1, -0.05) is 20.8 Å². The Bertz CT molecular complexity index is 162. The maximum absolute atomic E-state index is 11.2. The lowest BCUT2D eigenvalue weighted by Gasteiger charge is -2.35. The minimum Gasteiger partial charge on any atom is -0.342 e. The minimum atomic E-state index is 0.0840. The van der Waals surface area contributed by atoms with Crippen molar-refractivity contribution in [3.8, 4) is 0 Å². The fourth-order valence-corrected chi connectivity index (χ4v) is 1.13. The number of rotatable bonds is 2. The highest BCUT2D eigenvalue weighted by molar-refractivity contribution is 7.81. The Morgan fingerprint density at radius 3 is 2.17 bits per heavy atom. The molecule has 2 nitrogen and oxygen atoms in total. The van der Waals surface area contributed by atoms with Gasteiger partial charge in [-0.15, -0.1) is 0 Å². The van der Waals surface area contributed by atoms with E-state index in [0.717, 1.165) is 0 Å². The van der Waals surface area contributed by atoms with Gasteiger partial charge in [-0.3, -0.25) is 4.79 Å². The van der Waals surface area contributed by atoms with Crippen molar-refractivity contribution in [1.29, 1.82) is 0 Å². The molecule has 0 saturated carbocycles. The van der Waals surface area contributed by atoms with E-state index < -0.39 is 0 Å². The first-order chi connectivity index (χ1) is 5.30. The van der Waals surface area contributed by atoms with Crippen molar-refractivity contribution in [3.05, 3.63) is 0 Å². The zero-order valence-electron chi connectivity index (χ0n) is 8.59. The highest BCUT2D eigenvalue weighted by Gasteiger charge is 2.25. The first-order valence-electron chi connectivity index (χ1n) is 4.17. The summed E-state index contributed by atoms with van der Waals surface area (Å²) >= 11 is 3.95. The van der Waals surface area contributed by atoms with Gasteiger partial charge in [0.25, 0.3) is 0 Å². The smallest absolute Gasteiger partial charge is 0.232 e. The lowest BCUT2D eigenvalue weighted by atomic mass is 9.87. The van der Waals surface area contributed by atoms with Crippen LogP contribution in [-0.4, -0.2) is 29.6 Å². The number of amides is 1. The van der Waals surface area contributed by atoms with E-state index in [0.29, 0.717) is 0 Å². The largest absolute Gasteiger partial charge is 0.342 e. The van der Waals surface area contributed by atoms with E-state index in [2.05, 4.69) is 40.3 Å². The van der Waals surface area contributed by atoms with Crippen LogP contribution in [0.1, 0.15) is 27.7 Å². The Morgan fingerprint density at radius 2 is 1.92 bits per heavy atom. The van der Waals surface area contributed by atoms with Crippen LogP contribution in [0.15, 0.2) is 0 Å². The summed E-state index contributed by atoms with van der Waals surface area (Å²) in [5.41, 5.74) is 0.132. The molecule has 1 amide bonds. The van der Waals surface area contributed by atoms with Crippen molar-refractivity contribution in [3.63, 3.8) is 0 Å². The summed E-state index contributed by atoms with van der Waals surface area (Å²) in [5, 5.41) is 0. The molecule has 0 N–H and O–H groups in total. The van der Waals surface area contributed by atoms with Gasteiger partial charge < -0.3 is 4.90 Å². The van der Waals surface area contributed by atoms with Crippen molar-refractivity contribution >= 4 is 18.5 Å². The molecule has 0 aliphatic carbocycles. The van der Waals surface area contributed by atoms with Crippen LogP contribution in [0, 0.1) is 5.41 Å². The molecular formula is C9H19NOS. The second-order valence-corrected chi connectivity index (χ2v) is 4.52. The predicted octanol–water partition coefficient (Wildman–Crippen LogP) is 1.81. The second kappa shape index (κ2) is 4.17. The van der Waals surface area contributed by atoms with Gasteiger partial charge in [-0.2, -0.15) is 12.6 Å². The zero-order chi connectivity index (χ0) is 9.94. The lowest BCUT2D eigenvalue weighted by molar-refractivity contribution is -0.130. The molecule has 0 rings (SSSR count). The van der Waals surface area contributed by atoms with Gasteiger partial charge in [-0.05, 0) is 12.3 Å². The SMILES string of the molecule is CC(N(C)C(=O)CS)C(C)(C)C. The van der Waals surface area contributed by atoms with Gasteiger partial charge in [0.2, 0.25) is 5.91 Å². The van der Waals surface area contributed by atoms with E-state index in [1.165, 1.54) is 0 Å². The topological polar surface area (TPSA) is 20.3 Å². The van der Waals surface area contributed by atoms with Gasteiger partial charge >= 0.3 is 0 Å². The normalized spacial score (nSPS) is 14.2. The summed E-state index contributed by atoms with van der Waals surface area (Å²) < 4.78 is 0. The maximum Gasteiger partial charge on any atom is 0.232 e. The van der Waals surface area contributed by atoms with E-state index in [4.69, 9.17) is 0 Å². The molecule has 1 atom stereocenters. The third kappa shape index (κ3) is 3.05. The van der Waals surface area contributed by atoms with Crippen LogP contribution in [0.3, 0.4) is 0 Å². The van der Waals surface area contributed by atoms with Crippen LogP contribution >= 0.6 is 12.6 Å². The molecule has 0 aliphatic heterocycles. The quantitative estimate of drug-likeness (QED) is 0.657. The number of thiol groups is 1. The van der Waals surface area contributed by atoms with Crippen molar-refractivity contribution < 1.29 is 4.79 Å². The maximum atomic E-state index is 11.2. The summed E-state index contributed by atoms with van der Waals surface area (Å²) in [4.78, 5) is 13.0. The Hall–Kier alpha value is -0.180. The molecule has 1 unspecified atom stereocenters. The number of hydrogen-bond acceptors (Lipinski definition) is 2. The molecule has 0 aliphatic rings. The molecule has 0 radical (unpaired) electrons. The number of nitrogens with zero attached hydrogens (tertiary/aromatic N) is 1.